The van der Waals surface area contributed by atoms with E-state index in [0.717, 1.165) is 16.3 Å². The van der Waals surface area contributed by atoms with Gasteiger partial charge in [-0.15, -0.1) is 11.3 Å². The Bertz CT molecular complexity index is 742. The zero-order chi connectivity index (χ0) is 15.9. The smallest absolute Gasteiger partial charge is 0.229 e. The first-order chi connectivity index (χ1) is 11.3. The molecule has 0 spiro atoms. The largest absolute Gasteiger partial charge is 0.366 e. The number of nitrogens with one attached hydrogen (secondary N) is 2. The molecule has 0 fully saturated rings. The van der Waals surface area contributed by atoms with Gasteiger partial charge in [-0.2, -0.15) is 0 Å². The number of aromatic nitrogens is 2. The van der Waals surface area contributed by atoms with Crippen LogP contribution in [-0.2, 0) is 17.8 Å². The van der Waals surface area contributed by atoms with Crippen LogP contribution in [0, 0.1) is 0 Å². The number of carbonyl (C=O) groups is 1. The summed E-state index contributed by atoms with van der Waals surface area (Å²) >= 11 is 1.58. The minimum atomic E-state index is -0.0354. The molecule has 6 heteroatoms. The molecule has 0 saturated carbocycles. The molecule has 116 valence electrons. The zero-order valence-corrected chi connectivity index (χ0v) is 13.2. The Balaban J connectivity index is 1.51. The number of thiophene rings is 1. The van der Waals surface area contributed by atoms with Gasteiger partial charge < -0.3 is 10.6 Å². The van der Waals surface area contributed by atoms with Gasteiger partial charge in [-0.25, -0.2) is 4.98 Å². The highest BCUT2D eigenvalue weighted by molar-refractivity contribution is 7.10. The van der Waals surface area contributed by atoms with E-state index in [4.69, 9.17) is 0 Å². The molecule has 2 N–H and O–H groups in total. The summed E-state index contributed by atoms with van der Waals surface area (Å²) in [6.45, 7) is 0.680. The summed E-state index contributed by atoms with van der Waals surface area (Å²) in [5.74, 6) is 0.727. The lowest BCUT2D eigenvalue weighted by atomic mass is 10.2. The van der Waals surface area contributed by atoms with Gasteiger partial charge in [0.15, 0.2) is 0 Å². The van der Waals surface area contributed by atoms with Crippen molar-refractivity contribution in [1.29, 1.82) is 0 Å². The highest BCUT2D eigenvalue weighted by Gasteiger charge is 2.05. The van der Waals surface area contributed by atoms with Crippen molar-refractivity contribution >= 4 is 28.7 Å². The molecule has 5 nitrogen and oxygen atoms in total. The van der Waals surface area contributed by atoms with Crippen molar-refractivity contribution in [3.8, 4) is 0 Å². The molecule has 0 unspecified atom stereocenters. The highest BCUT2D eigenvalue weighted by Crippen LogP contribution is 2.13. The Kier molecular flexibility index (Phi) is 4.95. The molecule has 0 aliphatic heterocycles. The van der Waals surface area contributed by atoms with E-state index in [1.807, 2.05) is 41.8 Å². The van der Waals surface area contributed by atoms with Gasteiger partial charge in [0, 0.05) is 23.8 Å². The first kappa shape index (κ1) is 15.2. The average molecular weight is 324 g/mol. The third-order valence-electron chi connectivity index (χ3n) is 3.19. The van der Waals surface area contributed by atoms with Gasteiger partial charge >= 0.3 is 0 Å². The normalized spacial score (nSPS) is 10.3. The molecule has 3 rings (SSSR count). The maximum absolute atomic E-state index is 11.9. The third-order valence-corrected chi connectivity index (χ3v) is 4.06. The van der Waals surface area contributed by atoms with Gasteiger partial charge in [0.1, 0.15) is 5.82 Å². The maximum atomic E-state index is 11.9. The van der Waals surface area contributed by atoms with Crippen LogP contribution in [0.1, 0.15) is 10.4 Å². The summed E-state index contributed by atoms with van der Waals surface area (Å²) in [5, 5.41) is 8.04. The number of anilines is 2. The summed E-state index contributed by atoms with van der Waals surface area (Å²) < 4.78 is 0. The molecule has 0 aromatic carbocycles. The summed E-state index contributed by atoms with van der Waals surface area (Å²) in [5.41, 5.74) is 1.83. The van der Waals surface area contributed by atoms with Crippen LogP contribution in [0.4, 0.5) is 11.5 Å². The molecule has 0 atom stereocenters. The van der Waals surface area contributed by atoms with Crippen molar-refractivity contribution in [2.75, 3.05) is 10.6 Å². The second-order valence-electron chi connectivity index (χ2n) is 4.95. The van der Waals surface area contributed by atoms with E-state index in [-0.39, 0.29) is 5.91 Å². The van der Waals surface area contributed by atoms with Gasteiger partial charge in [-0.05, 0) is 41.3 Å². The molecule has 3 aromatic heterocycles. The van der Waals surface area contributed by atoms with E-state index in [1.165, 1.54) is 0 Å². The van der Waals surface area contributed by atoms with Crippen molar-refractivity contribution in [3.63, 3.8) is 0 Å². The predicted molar refractivity (Wildman–Crippen MR) is 92.5 cm³/mol. The first-order valence-electron chi connectivity index (χ1n) is 7.21. The summed E-state index contributed by atoms with van der Waals surface area (Å²) in [4.78, 5) is 21.3. The molecule has 1 amide bonds. The summed E-state index contributed by atoms with van der Waals surface area (Å²) in [6.07, 6.45) is 5.56. The van der Waals surface area contributed by atoms with E-state index < -0.39 is 0 Å². The van der Waals surface area contributed by atoms with Crippen LogP contribution in [0.5, 0.6) is 0 Å². The maximum Gasteiger partial charge on any atom is 0.229 e. The topological polar surface area (TPSA) is 66.9 Å². The van der Waals surface area contributed by atoms with Crippen molar-refractivity contribution < 1.29 is 4.79 Å². The molecular weight excluding hydrogens is 308 g/mol. The van der Waals surface area contributed by atoms with E-state index >= 15 is 0 Å². The van der Waals surface area contributed by atoms with E-state index in [1.54, 1.807) is 29.9 Å². The molecular formula is C17H16N4OS. The Labute approximate surface area is 138 Å². The Hall–Kier alpha value is -2.73. The molecule has 3 aromatic rings. The molecule has 3 heterocycles. The van der Waals surface area contributed by atoms with Crippen LogP contribution >= 0.6 is 11.3 Å². The quantitative estimate of drug-likeness (QED) is 0.730. The number of carbonyl (C=O) groups excluding carboxylic acids is 1. The van der Waals surface area contributed by atoms with E-state index in [0.29, 0.717) is 18.7 Å². The van der Waals surface area contributed by atoms with Crippen LogP contribution in [-0.4, -0.2) is 15.9 Å². The Morgan fingerprint density at radius 1 is 1.13 bits per heavy atom. The Morgan fingerprint density at radius 2 is 2.00 bits per heavy atom. The van der Waals surface area contributed by atoms with E-state index in [2.05, 4.69) is 20.6 Å². The highest BCUT2D eigenvalue weighted by atomic mass is 32.1. The van der Waals surface area contributed by atoms with Crippen LogP contribution in [0.25, 0.3) is 0 Å². The predicted octanol–water partition coefficient (Wildman–Crippen LogP) is 3.33. The van der Waals surface area contributed by atoms with Gasteiger partial charge in [0.25, 0.3) is 0 Å². The molecule has 0 aliphatic carbocycles. The second-order valence-corrected chi connectivity index (χ2v) is 5.98. The van der Waals surface area contributed by atoms with Crippen molar-refractivity contribution in [1.82, 2.24) is 9.97 Å². The average Bonchev–Trinajstić information content (AvgIpc) is 3.08. The molecule has 23 heavy (non-hydrogen) atoms. The minimum Gasteiger partial charge on any atom is -0.366 e. The van der Waals surface area contributed by atoms with Crippen LogP contribution < -0.4 is 10.6 Å². The number of nitrogens with zero attached hydrogens (tertiary/aromatic N) is 2. The van der Waals surface area contributed by atoms with Crippen molar-refractivity contribution in [3.05, 3.63) is 70.8 Å². The standard InChI is InChI=1S/C17H16N4OS/c22-17(10-15-2-1-9-23-15)21-14-3-4-16(20-12-14)19-11-13-5-7-18-8-6-13/h1-9,12H,10-11H2,(H,19,20)(H,21,22). The number of hydrogen-bond donors (Lipinski definition) is 2. The van der Waals surface area contributed by atoms with Gasteiger partial charge in [0.2, 0.25) is 5.91 Å². The lowest BCUT2D eigenvalue weighted by Gasteiger charge is -2.07. The fraction of sp³-hybridized carbons (Fsp3) is 0.118. The lowest BCUT2D eigenvalue weighted by molar-refractivity contribution is -0.115. The van der Waals surface area contributed by atoms with Crippen LogP contribution in [0.3, 0.4) is 0 Å². The monoisotopic (exact) mass is 324 g/mol. The van der Waals surface area contributed by atoms with Crippen LogP contribution in [0.15, 0.2) is 60.4 Å². The Morgan fingerprint density at radius 3 is 2.70 bits per heavy atom. The molecule has 0 radical (unpaired) electrons. The number of hydrogen-bond acceptors (Lipinski definition) is 5. The van der Waals surface area contributed by atoms with Crippen LogP contribution in [0.2, 0.25) is 0 Å². The third kappa shape index (κ3) is 4.62. The first-order valence-corrected chi connectivity index (χ1v) is 8.08. The van der Waals surface area contributed by atoms with Gasteiger partial charge in [0.05, 0.1) is 18.3 Å². The SMILES string of the molecule is O=C(Cc1cccs1)Nc1ccc(NCc2ccncc2)nc1. The number of rotatable bonds is 6. The van der Waals surface area contributed by atoms with Crippen molar-refractivity contribution in [2.45, 2.75) is 13.0 Å². The van der Waals surface area contributed by atoms with Gasteiger partial charge in [-0.3, -0.25) is 9.78 Å². The summed E-state index contributed by atoms with van der Waals surface area (Å²) in [7, 11) is 0. The van der Waals surface area contributed by atoms with Gasteiger partial charge in [-0.1, -0.05) is 6.07 Å². The number of pyridine rings is 2. The van der Waals surface area contributed by atoms with Crippen molar-refractivity contribution in [2.24, 2.45) is 0 Å². The number of amides is 1. The summed E-state index contributed by atoms with van der Waals surface area (Å²) in [6, 6.07) is 11.5. The zero-order valence-electron chi connectivity index (χ0n) is 12.4. The second kappa shape index (κ2) is 7.51. The molecule has 0 saturated heterocycles. The lowest BCUT2D eigenvalue weighted by Crippen LogP contribution is -2.14. The van der Waals surface area contributed by atoms with E-state index in [9.17, 15) is 4.79 Å². The molecule has 0 aliphatic rings. The fourth-order valence-corrected chi connectivity index (χ4v) is 2.75. The fourth-order valence-electron chi connectivity index (χ4n) is 2.04. The molecule has 0 bridgehead atoms. The minimum absolute atomic E-state index is 0.0354.